The summed E-state index contributed by atoms with van der Waals surface area (Å²) in [5.74, 6) is 0. The average molecular weight is 197 g/mol. The Hall–Kier alpha value is -0.900. The van der Waals surface area contributed by atoms with Gasteiger partial charge in [-0.1, -0.05) is 27.7 Å². The van der Waals surface area contributed by atoms with Gasteiger partial charge in [0.2, 0.25) is 0 Å². The van der Waals surface area contributed by atoms with Crippen LogP contribution >= 0.6 is 0 Å². The van der Waals surface area contributed by atoms with E-state index in [-0.39, 0.29) is 5.41 Å². The minimum atomic E-state index is -0.735. The number of nitrogens with zero attached hydrogens (tertiary/aromatic N) is 3. The van der Waals surface area contributed by atoms with E-state index in [1.54, 1.807) is 11.0 Å². The number of aliphatic hydroxyl groups is 1. The molecule has 0 amide bonds. The van der Waals surface area contributed by atoms with Crippen molar-refractivity contribution in [3.05, 3.63) is 12.7 Å². The Morgan fingerprint density at radius 3 is 2.36 bits per heavy atom. The van der Waals surface area contributed by atoms with Gasteiger partial charge in [-0.2, -0.15) is 5.10 Å². The smallest absolute Gasteiger partial charge is 0.137 e. The summed E-state index contributed by atoms with van der Waals surface area (Å²) < 4.78 is 1.68. The highest BCUT2D eigenvalue weighted by Crippen LogP contribution is 2.34. The van der Waals surface area contributed by atoms with Crippen molar-refractivity contribution in [1.29, 1.82) is 0 Å². The van der Waals surface area contributed by atoms with E-state index in [0.29, 0.717) is 13.0 Å². The minimum absolute atomic E-state index is 0.159. The lowest BCUT2D eigenvalue weighted by molar-refractivity contribution is -0.0763. The fourth-order valence-corrected chi connectivity index (χ4v) is 1.46. The molecule has 1 unspecified atom stereocenters. The van der Waals surface area contributed by atoms with E-state index >= 15 is 0 Å². The summed E-state index contributed by atoms with van der Waals surface area (Å²) >= 11 is 0. The van der Waals surface area contributed by atoms with Crippen molar-refractivity contribution >= 4 is 0 Å². The van der Waals surface area contributed by atoms with Crippen molar-refractivity contribution in [1.82, 2.24) is 14.8 Å². The van der Waals surface area contributed by atoms with Crippen LogP contribution < -0.4 is 0 Å². The quantitative estimate of drug-likeness (QED) is 0.798. The number of hydrogen-bond donors (Lipinski definition) is 1. The summed E-state index contributed by atoms with van der Waals surface area (Å²) in [6, 6.07) is 0. The van der Waals surface area contributed by atoms with E-state index in [0.717, 1.165) is 0 Å². The summed E-state index contributed by atoms with van der Waals surface area (Å²) in [6.07, 6.45) is 3.82. The Labute approximate surface area is 85.0 Å². The summed E-state index contributed by atoms with van der Waals surface area (Å²) in [7, 11) is 0. The maximum Gasteiger partial charge on any atom is 0.137 e. The molecule has 1 aromatic rings. The second-order valence-electron chi connectivity index (χ2n) is 4.73. The lowest BCUT2D eigenvalue weighted by atomic mass is 9.75. The molecule has 14 heavy (non-hydrogen) atoms. The Bertz CT molecular complexity index is 276. The summed E-state index contributed by atoms with van der Waals surface area (Å²) in [6.45, 7) is 8.59. The van der Waals surface area contributed by atoms with Gasteiger partial charge >= 0.3 is 0 Å². The molecule has 1 atom stereocenters. The van der Waals surface area contributed by atoms with Crippen LogP contribution in [0.25, 0.3) is 0 Å². The van der Waals surface area contributed by atoms with Gasteiger partial charge in [-0.25, -0.2) is 4.98 Å². The molecule has 0 aliphatic rings. The Balaban J connectivity index is 2.82. The van der Waals surface area contributed by atoms with Crippen LogP contribution in [0.5, 0.6) is 0 Å². The first kappa shape index (κ1) is 11.2. The molecule has 0 saturated carbocycles. The van der Waals surface area contributed by atoms with Crippen LogP contribution in [0, 0.1) is 5.41 Å². The lowest BCUT2D eigenvalue weighted by Crippen LogP contribution is -2.46. The van der Waals surface area contributed by atoms with Crippen molar-refractivity contribution in [2.24, 2.45) is 5.41 Å². The third-order valence-electron chi connectivity index (χ3n) is 2.87. The van der Waals surface area contributed by atoms with Crippen LogP contribution in [0.15, 0.2) is 12.7 Å². The van der Waals surface area contributed by atoms with E-state index in [1.165, 1.54) is 6.33 Å². The van der Waals surface area contributed by atoms with Gasteiger partial charge < -0.3 is 5.11 Å². The first-order valence-corrected chi connectivity index (χ1v) is 4.94. The predicted octanol–water partition coefficient (Wildman–Crippen LogP) is 1.47. The summed E-state index contributed by atoms with van der Waals surface area (Å²) in [5.41, 5.74) is -0.894. The molecular formula is C10H19N3O. The van der Waals surface area contributed by atoms with Crippen LogP contribution in [0.4, 0.5) is 0 Å². The fraction of sp³-hybridized carbons (Fsp3) is 0.800. The molecule has 1 aromatic heterocycles. The fourth-order valence-electron chi connectivity index (χ4n) is 1.46. The lowest BCUT2D eigenvalue weighted by Gasteiger charge is -2.39. The van der Waals surface area contributed by atoms with Crippen LogP contribution in [0.2, 0.25) is 0 Å². The summed E-state index contributed by atoms with van der Waals surface area (Å²) in [4.78, 5) is 3.86. The molecule has 0 bridgehead atoms. The normalized spacial score (nSPS) is 16.6. The molecule has 4 heteroatoms. The van der Waals surface area contributed by atoms with Gasteiger partial charge in [0.25, 0.3) is 0 Å². The molecule has 0 spiro atoms. The molecule has 0 aliphatic heterocycles. The van der Waals surface area contributed by atoms with Crippen LogP contribution in [0.3, 0.4) is 0 Å². The second kappa shape index (κ2) is 3.69. The predicted molar refractivity (Wildman–Crippen MR) is 54.7 cm³/mol. The van der Waals surface area contributed by atoms with Crippen molar-refractivity contribution in [2.75, 3.05) is 0 Å². The minimum Gasteiger partial charge on any atom is -0.387 e. The molecule has 0 aliphatic carbocycles. The topological polar surface area (TPSA) is 50.9 Å². The molecule has 0 aromatic carbocycles. The third kappa shape index (κ3) is 2.12. The first-order chi connectivity index (χ1) is 6.39. The molecule has 4 nitrogen and oxygen atoms in total. The molecule has 0 saturated heterocycles. The molecular weight excluding hydrogens is 178 g/mol. The zero-order valence-electron chi connectivity index (χ0n) is 9.36. The van der Waals surface area contributed by atoms with Crippen molar-refractivity contribution in [3.8, 4) is 0 Å². The highest BCUT2D eigenvalue weighted by molar-refractivity contribution is 4.89. The molecule has 0 radical (unpaired) electrons. The first-order valence-electron chi connectivity index (χ1n) is 4.94. The molecule has 80 valence electrons. The SMILES string of the molecule is CCC(O)(Cn1cncn1)C(C)(C)C. The maximum absolute atomic E-state index is 10.4. The Morgan fingerprint density at radius 2 is 2.00 bits per heavy atom. The zero-order chi connectivity index (χ0) is 10.8. The van der Waals surface area contributed by atoms with Gasteiger partial charge in [-0.05, 0) is 11.8 Å². The number of rotatable bonds is 3. The monoisotopic (exact) mass is 197 g/mol. The Kier molecular flexibility index (Phi) is 2.95. The number of aromatic nitrogens is 3. The third-order valence-corrected chi connectivity index (χ3v) is 2.87. The van der Waals surface area contributed by atoms with Crippen LogP contribution in [0.1, 0.15) is 34.1 Å². The van der Waals surface area contributed by atoms with Gasteiger partial charge in [0.15, 0.2) is 0 Å². The number of hydrogen-bond acceptors (Lipinski definition) is 3. The van der Waals surface area contributed by atoms with E-state index in [9.17, 15) is 5.11 Å². The van der Waals surface area contributed by atoms with Crippen molar-refractivity contribution < 1.29 is 5.11 Å². The second-order valence-corrected chi connectivity index (χ2v) is 4.73. The van der Waals surface area contributed by atoms with Crippen molar-refractivity contribution in [3.63, 3.8) is 0 Å². The van der Waals surface area contributed by atoms with Gasteiger partial charge in [-0.3, -0.25) is 4.68 Å². The molecule has 0 fully saturated rings. The van der Waals surface area contributed by atoms with Crippen molar-refractivity contribution in [2.45, 2.75) is 46.3 Å². The van der Waals surface area contributed by atoms with E-state index in [1.807, 2.05) is 27.7 Å². The van der Waals surface area contributed by atoms with Gasteiger partial charge in [0, 0.05) is 0 Å². The summed E-state index contributed by atoms with van der Waals surface area (Å²) in [5, 5.41) is 14.4. The van der Waals surface area contributed by atoms with E-state index in [2.05, 4.69) is 10.1 Å². The Morgan fingerprint density at radius 1 is 1.36 bits per heavy atom. The highest BCUT2D eigenvalue weighted by atomic mass is 16.3. The van der Waals surface area contributed by atoms with Gasteiger partial charge in [-0.15, -0.1) is 0 Å². The van der Waals surface area contributed by atoms with Crippen LogP contribution in [-0.2, 0) is 6.54 Å². The van der Waals surface area contributed by atoms with E-state index in [4.69, 9.17) is 0 Å². The zero-order valence-corrected chi connectivity index (χ0v) is 9.36. The highest BCUT2D eigenvalue weighted by Gasteiger charge is 2.38. The molecule has 1 rings (SSSR count). The van der Waals surface area contributed by atoms with E-state index < -0.39 is 5.60 Å². The van der Waals surface area contributed by atoms with Gasteiger partial charge in [0.05, 0.1) is 12.1 Å². The molecule has 1 N–H and O–H groups in total. The molecule has 1 heterocycles. The van der Waals surface area contributed by atoms with Gasteiger partial charge in [0.1, 0.15) is 12.7 Å². The largest absolute Gasteiger partial charge is 0.387 e. The average Bonchev–Trinajstić information content (AvgIpc) is 2.54. The van der Waals surface area contributed by atoms with Crippen LogP contribution in [-0.4, -0.2) is 25.5 Å². The maximum atomic E-state index is 10.4. The standard InChI is InChI=1S/C10H19N3O/c1-5-10(14,9(2,3)4)6-13-8-11-7-12-13/h7-8,14H,5-6H2,1-4H3.